The summed E-state index contributed by atoms with van der Waals surface area (Å²) in [6, 6.07) is 5.91. The number of sulfonamides is 1. The maximum absolute atomic E-state index is 12.0. The minimum absolute atomic E-state index is 0.0495. The minimum atomic E-state index is -3.52. The van der Waals surface area contributed by atoms with Crippen molar-refractivity contribution in [3.63, 3.8) is 0 Å². The Bertz CT molecular complexity index is 664. The Labute approximate surface area is 132 Å². The minimum Gasteiger partial charge on any atom is -0.493 e. The molecule has 1 rings (SSSR count). The average molecular weight is 349 g/mol. The third-order valence-electron chi connectivity index (χ3n) is 2.92. The van der Waals surface area contributed by atoms with Gasteiger partial charge in [-0.3, -0.25) is 0 Å². The first-order valence-electron chi connectivity index (χ1n) is 7.09. The summed E-state index contributed by atoms with van der Waals surface area (Å²) in [5.41, 5.74) is 0. The maximum atomic E-state index is 12.0. The van der Waals surface area contributed by atoms with E-state index in [0.29, 0.717) is 12.3 Å². The first-order valence-corrected chi connectivity index (χ1v) is 10.4. The Balaban J connectivity index is 2.63. The highest BCUT2D eigenvalue weighted by Gasteiger charge is 2.14. The van der Waals surface area contributed by atoms with Crippen molar-refractivity contribution in [2.24, 2.45) is 5.92 Å². The first-order chi connectivity index (χ1) is 10.2. The number of benzene rings is 1. The van der Waals surface area contributed by atoms with Crippen LogP contribution in [0.5, 0.6) is 5.75 Å². The summed E-state index contributed by atoms with van der Waals surface area (Å²) in [6.07, 6.45) is 0. The van der Waals surface area contributed by atoms with E-state index in [-0.39, 0.29) is 28.9 Å². The number of hydrogen-bond acceptors (Lipinski definition) is 5. The van der Waals surface area contributed by atoms with Crippen LogP contribution in [0, 0.1) is 5.92 Å². The van der Waals surface area contributed by atoms with E-state index in [1.807, 2.05) is 13.8 Å². The fraction of sp³-hybridized carbons (Fsp3) is 0.571. The highest BCUT2D eigenvalue weighted by atomic mass is 32.2. The van der Waals surface area contributed by atoms with Crippen molar-refractivity contribution in [3.8, 4) is 5.75 Å². The van der Waals surface area contributed by atoms with Gasteiger partial charge in [0, 0.05) is 12.3 Å². The predicted octanol–water partition coefficient (Wildman–Crippen LogP) is 1.43. The lowest BCUT2D eigenvalue weighted by atomic mass is 10.2. The van der Waals surface area contributed by atoms with Crippen LogP contribution in [-0.4, -0.2) is 41.5 Å². The largest absolute Gasteiger partial charge is 0.493 e. The standard InChI is InChI=1S/C14H23NO5S2/c1-4-21(16,17)10-9-20-13-5-7-14(8-6-13)22(18,19)15-11-12(2)3/h5-8,12,15H,4,9-11H2,1-3H3. The van der Waals surface area contributed by atoms with E-state index in [1.54, 1.807) is 6.92 Å². The second kappa shape index (κ2) is 7.94. The van der Waals surface area contributed by atoms with Crippen LogP contribution in [0.2, 0.25) is 0 Å². The normalized spacial score (nSPS) is 12.5. The molecule has 8 heteroatoms. The Morgan fingerprint density at radius 1 is 1.09 bits per heavy atom. The number of sulfone groups is 1. The molecule has 126 valence electrons. The summed E-state index contributed by atoms with van der Waals surface area (Å²) in [5, 5.41) is 0. The third-order valence-corrected chi connectivity index (χ3v) is 6.03. The third kappa shape index (κ3) is 6.33. The van der Waals surface area contributed by atoms with Gasteiger partial charge in [0.2, 0.25) is 10.0 Å². The molecule has 0 aliphatic rings. The molecule has 6 nitrogen and oxygen atoms in total. The molecule has 0 bridgehead atoms. The highest BCUT2D eigenvalue weighted by molar-refractivity contribution is 7.91. The van der Waals surface area contributed by atoms with E-state index >= 15 is 0 Å². The molecule has 0 heterocycles. The molecule has 0 aliphatic heterocycles. The maximum Gasteiger partial charge on any atom is 0.240 e. The molecule has 22 heavy (non-hydrogen) atoms. The Kier molecular flexibility index (Phi) is 6.83. The number of hydrogen-bond donors (Lipinski definition) is 1. The van der Waals surface area contributed by atoms with Gasteiger partial charge in [-0.05, 0) is 30.2 Å². The molecule has 0 unspecified atom stereocenters. The van der Waals surface area contributed by atoms with E-state index in [9.17, 15) is 16.8 Å². The van der Waals surface area contributed by atoms with Crippen LogP contribution in [0.4, 0.5) is 0 Å². The van der Waals surface area contributed by atoms with Gasteiger partial charge in [-0.25, -0.2) is 21.6 Å². The molecule has 0 radical (unpaired) electrons. The van der Waals surface area contributed by atoms with Crippen LogP contribution in [0.15, 0.2) is 29.2 Å². The van der Waals surface area contributed by atoms with Crippen LogP contribution < -0.4 is 9.46 Å². The average Bonchev–Trinajstić information content (AvgIpc) is 2.46. The summed E-state index contributed by atoms with van der Waals surface area (Å²) >= 11 is 0. The summed E-state index contributed by atoms with van der Waals surface area (Å²) < 4.78 is 54.5. The van der Waals surface area contributed by atoms with Gasteiger partial charge in [0.25, 0.3) is 0 Å². The van der Waals surface area contributed by atoms with Crippen molar-refractivity contribution in [2.75, 3.05) is 24.7 Å². The molecule has 1 aromatic carbocycles. The van der Waals surface area contributed by atoms with Crippen LogP contribution >= 0.6 is 0 Å². The fourth-order valence-electron chi connectivity index (χ4n) is 1.51. The lowest BCUT2D eigenvalue weighted by Gasteiger charge is -2.10. The Morgan fingerprint density at radius 3 is 2.18 bits per heavy atom. The van der Waals surface area contributed by atoms with E-state index in [1.165, 1.54) is 24.3 Å². The van der Waals surface area contributed by atoms with E-state index in [2.05, 4.69) is 4.72 Å². The van der Waals surface area contributed by atoms with Crippen molar-refractivity contribution in [1.29, 1.82) is 0 Å². The topological polar surface area (TPSA) is 89.5 Å². The van der Waals surface area contributed by atoms with Crippen molar-refractivity contribution >= 4 is 19.9 Å². The molecule has 0 saturated carbocycles. The van der Waals surface area contributed by atoms with Gasteiger partial charge in [0.15, 0.2) is 9.84 Å². The number of nitrogens with one attached hydrogen (secondary N) is 1. The van der Waals surface area contributed by atoms with Gasteiger partial charge in [-0.15, -0.1) is 0 Å². The fourth-order valence-corrected chi connectivity index (χ4v) is 3.35. The Morgan fingerprint density at radius 2 is 1.68 bits per heavy atom. The molecule has 0 fully saturated rings. The molecular formula is C14H23NO5S2. The number of rotatable bonds is 9. The monoisotopic (exact) mass is 349 g/mol. The second-order valence-corrected chi connectivity index (χ2v) is 9.54. The molecule has 1 N–H and O–H groups in total. The predicted molar refractivity (Wildman–Crippen MR) is 86.3 cm³/mol. The van der Waals surface area contributed by atoms with E-state index in [0.717, 1.165) is 0 Å². The van der Waals surface area contributed by atoms with E-state index < -0.39 is 19.9 Å². The first kappa shape index (κ1) is 18.9. The lowest BCUT2D eigenvalue weighted by Crippen LogP contribution is -2.27. The molecule has 0 saturated heterocycles. The van der Waals surface area contributed by atoms with Gasteiger partial charge in [0.1, 0.15) is 12.4 Å². The van der Waals surface area contributed by atoms with Gasteiger partial charge in [-0.2, -0.15) is 0 Å². The Hall–Kier alpha value is -1.12. The van der Waals surface area contributed by atoms with Crippen molar-refractivity contribution < 1.29 is 21.6 Å². The van der Waals surface area contributed by atoms with Crippen LogP contribution in [0.3, 0.4) is 0 Å². The lowest BCUT2D eigenvalue weighted by molar-refractivity contribution is 0.340. The molecular weight excluding hydrogens is 326 g/mol. The summed E-state index contributed by atoms with van der Waals surface area (Å²) in [4.78, 5) is 0.154. The molecule has 1 aromatic rings. The molecule has 0 aromatic heterocycles. The summed E-state index contributed by atoms with van der Waals surface area (Å²) in [7, 11) is -6.59. The van der Waals surface area contributed by atoms with Crippen LogP contribution in [0.1, 0.15) is 20.8 Å². The summed E-state index contributed by atoms with van der Waals surface area (Å²) in [5.74, 6) is 0.682. The summed E-state index contributed by atoms with van der Waals surface area (Å²) in [6.45, 7) is 5.84. The van der Waals surface area contributed by atoms with Crippen molar-refractivity contribution in [2.45, 2.75) is 25.7 Å². The highest BCUT2D eigenvalue weighted by Crippen LogP contribution is 2.16. The van der Waals surface area contributed by atoms with Gasteiger partial charge in [0.05, 0.1) is 10.6 Å². The molecule has 0 amide bonds. The number of ether oxygens (including phenoxy) is 1. The van der Waals surface area contributed by atoms with Crippen LogP contribution in [0.25, 0.3) is 0 Å². The smallest absolute Gasteiger partial charge is 0.240 e. The second-order valence-electron chi connectivity index (χ2n) is 5.30. The molecule has 0 spiro atoms. The van der Waals surface area contributed by atoms with Gasteiger partial charge in [-0.1, -0.05) is 20.8 Å². The SMILES string of the molecule is CCS(=O)(=O)CCOc1ccc(S(=O)(=O)NCC(C)C)cc1. The van der Waals surface area contributed by atoms with Gasteiger partial charge < -0.3 is 4.74 Å². The molecule has 0 atom stereocenters. The van der Waals surface area contributed by atoms with Crippen LogP contribution in [-0.2, 0) is 19.9 Å². The quantitative estimate of drug-likeness (QED) is 0.728. The van der Waals surface area contributed by atoms with Crippen molar-refractivity contribution in [1.82, 2.24) is 4.72 Å². The zero-order chi connectivity index (χ0) is 16.8. The van der Waals surface area contributed by atoms with Gasteiger partial charge >= 0.3 is 0 Å². The van der Waals surface area contributed by atoms with E-state index in [4.69, 9.17) is 4.74 Å². The zero-order valence-electron chi connectivity index (χ0n) is 13.1. The molecule has 0 aliphatic carbocycles. The zero-order valence-corrected chi connectivity index (χ0v) is 14.7. The van der Waals surface area contributed by atoms with Crippen molar-refractivity contribution in [3.05, 3.63) is 24.3 Å².